The number of hydrogen-bond donors (Lipinski definition) is 3. The molecule has 2 heterocycles. The van der Waals surface area contributed by atoms with Gasteiger partial charge in [0.25, 0.3) is 0 Å². The number of nitrogens with one attached hydrogen (secondary N) is 3. The van der Waals surface area contributed by atoms with Crippen LogP contribution >= 0.6 is 0 Å². The highest BCUT2D eigenvalue weighted by Crippen LogP contribution is 2.13. The van der Waals surface area contributed by atoms with Gasteiger partial charge in [0.2, 0.25) is 27.7 Å². The highest BCUT2D eigenvalue weighted by Gasteiger charge is 2.35. The van der Waals surface area contributed by atoms with E-state index in [1.54, 1.807) is 4.90 Å². The third-order valence-electron chi connectivity index (χ3n) is 4.50. The van der Waals surface area contributed by atoms with Crippen molar-refractivity contribution >= 4 is 37.6 Å². The molecule has 160 valence electrons. The zero-order chi connectivity index (χ0) is 20.9. The SMILES string of the molecule is CS(=O)(=O)NCCC(=O)N1CCCC[C@H](NC(=O)C2CS(=O)(=O)CC(=O)N2)C1. The van der Waals surface area contributed by atoms with E-state index in [2.05, 4.69) is 15.4 Å². The quantitative estimate of drug-likeness (QED) is 0.408. The third-order valence-corrected chi connectivity index (χ3v) is 6.77. The molecule has 0 saturated carbocycles. The number of likely N-dealkylation sites (tertiary alicyclic amines) is 1. The first-order valence-electron chi connectivity index (χ1n) is 8.98. The number of hydrogen-bond acceptors (Lipinski definition) is 7. The van der Waals surface area contributed by atoms with Crippen molar-refractivity contribution in [3.05, 3.63) is 0 Å². The van der Waals surface area contributed by atoms with Gasteiger partial charge in [0, 0.05) is 32.1 Å². The number of sulfonamides is 1. The number of rotatable bonds is 6. The van der Waals surface area contributed by atoms with Crippen molar-refractivity contribution in [2.24, 2.45) is 0 Å². The molecule has 13 heteroatoms. The number of carbonyl (C=O) groups excluding carboxylic acids is 3. The summed E-state index contributed by atoms with van der Waals surface area (Å²) in [7, 11) is -6.99. The Morgan fingerprint density at radius 1 is 1.29 bits per heavy atom. The van der Waals surface area contributed by atoms with Crippen LogP contribution in [-0.4, -0.2) is 88.9 Å². The average molecular weight is 439 g/mol. The monoisotopic (exact) mass is 438 g/mol. The van der Waals surface area contributed by atoms with Crippen LogP contribution in [0.2, 0.25) is 0 Å². The minimum Gasteiger partial charge on any atom is -0.350 e. The van der Waals surface area contributed by atoms with Crippen LogP contribution in [0.4, 0.5) is 0 Å². The van der Waals surface area contributed by atoms with Crippen molar-refractivity contribution in [2.75, 3.05) is 37.4 Å². The number of sulfone groups is 1. The highest BCUT2D eigenvalue weighted by atomic mass is 32.2. The Morgan fingerprint density at radius 2 is 2.00 bits per heavy atom. The lowest BCUT2D eigenvalue weighted by atomic mass is 10.1. The van der Waals surface area contributed by atoms with Gasteiger partial charge in [0.05, 0.1) is 12.0 Å². The standard InChI is InChI=1S/C15H26N4O7S2/c1-27(23,24)16-6-5-14(21)19-7-3-2-4-11(8-19)17-15(22)12-9-28(25,26)10-13(20)18-12/h11-12,16H,2-10H2,1H3,(H,17,22)(H,18,20)/t11-,12?/m0/s1. The Morgan fingerprint density at radius 3 is 2.64 bits per heavy atom. The molecule has 0 aliphatic carbocycles. The first-order chi connectivity index (χ1) is 13.0. The second-order valence-corrected chi connectivity index (χ2v) is 11.1. The molecule has 2 rings (SSSR count). The van der Waals surface area contributed by atoms with Crippen LogP contribution in [0, 0.1) is 0 Å². The fourth-order valence-corrected chi connectivity index (χ4v) is 5.04. The van der Waals surface area contributed by atoms with Crippen LogP contribution in [0.25, 0.3) is 0 Å². The molecule has 3 N–H and O–H groups in total. The molecule has 11 nitrogen and oxygen atoms in total. The molecule has 2 aliphatic rings. The molecule has 0 spiro atoms. The summed E-state index contributed by atoms with van der Waals surface area (Å²) in [6.45, 7) is 0.743. The fourth-order valence-electron chi connectivity index (χ4n) is 3.22. The molecule has 2 atom stereocenters. The average Bonchev–Trinajstić information content (AvgIpc) is 2.77. The molecule has 0 radical (unpaired) electrons. The van der Waals surface area contributed by atoms with Gasteiger partial charge in [-0.3, -0.25) is 14.4 Å². The summed E-state index contributed by atoms with van der Waals surface area (Å²) in [5.41, 5.74) is 0. The number of carbonyl (C=O) groups is 3. The minimum atomic E-state index is -3.61. The summed E-state index contributed by atoms with van der Waals surface area (Å²) in [4.78, 5) is 37.8. The van der Waals surface area contributed by atoms with Crippen molar-refractivity contribution < 1.29 is 31.2 Å². The lowest BCUT2D eigenvalue weighted by Crippen LogP contribution is -2.58. The van der Waals surface area contributed by atoms with Gasteiger partial charge in [0.15, 0.2) is 9.84 Å². The van der Waals surface area contributed by atoms with Crippen molar-refractivity contribution in [3.63, 3.8) is 0 Å². The summed E-state index contributed by atoms with van der Waals surface area (Å²) in [5.74, 6) is -2.59. The van der Waals surface area contributed by atoms with Crippen LogP contribution in [-0.2, 0) is 34.2 Å². The van der Waals surface area contributed by atoms with E-state index in [1.807, 2.05) is 0 Å². The Balaban J connectivity index is 1.91. The van der Waals surface area contributed by atoms with Gasteiger partial charge in [-0.2, -0.15) is 0 Å². The predicted molar refractivity (Wildman–Crippen MR) is 100 cm³/mol. The smallest absolute Gasteiger partial charge is 0.243 e. The van der Waals surface area contributed by atoms with Gasteiger partial charge in [-0.15, -0.1) is 0 Å². The normalized spacial score (nSPS) is 25.5. The van der Waals surface area contributed by atoms with Gasteiger partial charge >= 0.3 is 0 Å². The zero-order valence-corrected chi connectivity index (χ0v) is 17.3. The maximum absolute atomic E-state index is 12.4. The van der Waals surface area contributed by atoms with Crippen molar-refractivity contribution in [3.8, 4) is 0 Å². The second-order valence-electron chi connectivity index (χ2n) is 7.13. The molecule has 1 unspecified atom stereocenters. The third kappa shape index (κ3) is 7.36. The van der Waals surface area contributed by atoms with E-state index in [1.165, 1.54) is 0 Å². The fraction of sp³-hybridized carbons (Fsp3) is 0.800. The molecule has 2 saturated heterocycles. The van der Waals surface area contributed by atoms with E-state index in [9.17, 15) is 31.2 Å². The Labute approximate surface area is 164 Å². The molecule has 0 aromatic heterocycles. The highest BCUT2D eigenvalue weighted by molar-refractivity contribution is 7.92. The van der Waals surface area contributed by atoms with Gasteiger partial charge < -0.3 is 15.5 Å². The molecular formula is C15H26N4O7S2. The van der Waals surface area contributed by atoms with Crippen LogP contribution in [0.5, 0.6) is 0 Å². The predicted octanol–water partition coefficient (Wildman–Crippen LogP) is -2.66. The van der Waals surface area contributed by atoms with E-state index < -0.39 is 49.2 Å². The topological polar surface area (TPSA) is 159 Å². The summed E-state index contributed by atoms with van der Waals surface area (Å²) in [6, 6.07) is -1.51. The van der Waals surface area contributed by atoms with Crippen LogP contribution in [0.3, 0.4) is 0 Å². The molecule has 0 aromatic carbocycles. The van der Waals surface area contributed by atoms with E-state index >= 15 is 0 Å². The van der Waals surface area contributed by atoms with Crippen molar-refractivity contribution in [2.45, 2.75) is 37.8 Å². The summed E-state index contributed by atoms with van der Waals surface area (Å²) in [5, 5.41) is 5.11. The van der Waals surface area contributed by atoms with E-state index in [-0.39, 0.29) is 31.5 Å². The van der Waals surface area contributed by atoms with Crippen LogP contribution in [0.15, 0.2) is 0 Å². The van der Waals surface area contributed by atoms with E-state index in [0.29, 0.717) is 13.0 Å². The lowest BCUT2D eigenvalue weighted by molar-refractivity contribution is -0.132. The Hall–Kier alpha value is -1.73. The minimum absolute atomic E-state index is 0.00282. The molecular weight excluding hydrogens is 412 g/mol. The van der Waals surface area contributed by atoms with Gasteiger partial charge in [-0.25, -0.2) is 21.6 Å². The van der Waals surface area contributed by atoms with Gasteiger partial charge in [-0.05, 0) is 19.3 Å². The van der Waals surface area contributed by atoms with E-state index in [4.69, 9.17) is 0 Å². The maximum Gasteiger partial charge on any atom is 0.243 e. The maximum atomic E-state index is 12.4. The zero-order valence-electron chi connectivity index (χ0n) is 15.6. The molecule has 0 aromatic rings. The molecule has 0 bridgehead atoms. The molecule has 2 fully saturated rings. The van der Waals surface area contributed by atoms with Crippen LogP contribution in [0.1, 0.15) is 25.7 Å². The number of nitrogens with zero attached hydrogens (tertiary/aromatic N) is 1. The molecule has 2 aliphatic heterocycles. The summed E-state index contributed by atoms with van der Waals surface area (Å²) in [6.07, 6.45) is 3.15. The summed E-state index contributed by atoms with van der Waals surface area (Å²) >= 11 is 0. The second kappa shape index (κ2) is 9.18. The van der Waals surface area contributed by atoms with Crippen molar-refractivity contribution in [1.29, 1.82) is 0 Å². The van der Waals surface area contributed by atoms with Gasteiger partial charge in [-0.1, -0.05) is 0 Å². The Bertz CT molecular complexity index is 825. The largest absolute Gasteiger partial charge is 0.350 e. The lowest BCUT2D eigenvalue weighted by Gasteiger charge is -2.28. The Kier molecular flexibility index (Phi) is 7.39. The molecule has 3 amide bonds. The molecule has 28 heavy (non-hydrogen) atoms. The van der Waals surface area contributed by atoms with E-state index in [0.717, 1.165) is 19.1 Å². The summed E-state index contributed by atoms with van der Waals surface area (Å²) < 4.78 is 47.8. The van der Waals surface area contributed by atoms with Crippen LogP contribution < -0.4 is 15.4 Å². The first kappa shape index (κ1) is 22.6. The first-order valence-corrected chi connectivity index (χ1v) is 12.7. The number of amides is 3. The van der Waals surface area contributed by atoms with Gasteiger partial charge in [0.1, 0.15) is 11.8 Å². The van der Waals surface area contributed by atoms with Crippen molar-refractivity contribution in [1.82, 2.24) is 20.3 Å².